The van der Waals surface area contributed by atoms with E-state index in [9.17, 15) is 19.3 Å². The van der Waals surface area contributed by atoms with Crippen LogP contribution in [-0.2, 0) is 0 Å². The van der Waals surface area contributed by atoms with Crippen LogP contribution >= 0.6 is 0 Å². The van der Waals surface area contributed by atoms with Crippen LogP contribution in [0.5, 0.6) is 0 Å². The van der Waals surface area contributed by atoms with Crippen molar-refractivity contribution in [3.05, 3.63) is 39.7 Å². The first-order valence-electron chi connectivity index (χ1n) is 5.39. The highest BCUT2D eigenvalue weighted by atomic mass is 19.1. The first-order valence-corrected chi connectivity index (χ1v) is 5.39. The number of nitrogens with one attached hydrogen (secondary N) is 1. The van der Waals surface area contributed by atoms with E-state index in [1.54, 1.807) is 6.92 Å². The first-order chi connectivity index (χ1) is 8.41. The minimum Gasteiger partial charge on any atom is -0.352 e. The average molecular weight is 255 g/mol. The lowest BCUT2D eigenvalue weighted by Gasteiger charge is -2.07. The molecule has 1 unspecified atom stereocenters. The molecule has 6 nitrogen and oxygen atoms in total. The molecule has 1 amide bonds. The van der Waals surface area contributed by atoms with Crippen molar-refractivity contribution < 1.29 is 14.1 Å². The third-order valence-corrected chi connectivity index (χ3v) is 2.29. The first kappa shape index (κ1) is 14.0. The number of carbonyl (C=O) groups is 1. The van der Waals surface area contributed by atoms with E-state index in [1.807, 2.05) is 0 Å². The van der Waals surface area contributed by atoms with Crippen molar-refractivity contribution in [2.45, 2.75) is 19.4 Å². The lowest BCUT2D eigenvalue weighted by atomic mass is 10.1. The van der Waals surface area contributed by atoms with Gasteiger partial charge in [-0.05, 0) is 19.4 Å². The van der Waals surface area contributed by atoms with Crippen LogP contribution in [0.4, 0.5) is 10.1 Å². The molecule has 98 valence electrons. The monoisotopic (exact) mass is 255 g/mol. The maximum Gasteiger partial charge on any atom is 0.270 e. The number of nitro groups is 1. The van der Waals surface area contributed by atoms with Gasteiger partial charge in [0.05, 0.1) is 10.5 Å². The summed E-state index contributed by atoms with van der Waals surface area (Å²) in [6, 6.07) is 2.74. The summed E-state index contributed by atoms with van der Waals surface area (Å²) < 4.78 is 13.4. The molecular formula is C11H14FN3O3. The topological polar surface area (TPSA) is 98.3 Å². The van der Waals surface area contributed by atoms with Gasteiger partial charge in [0.25, 0.3) is 11.6 Å². The minimum absolute atomic E-state index is 0.0831. The Hall–Kier alpha value is -2.02. The third kappa shape index (κ3) is 3.77. The summed E-state index contributed by atoms with van der Waals surface area (Å²) >= 11 is 0. The molecule has 0 aromatic heterocycles. The molecule has 0 spiro atoms. The average Bonchev–Trinajstić information content (AvgIpc) is 2.28. The van der Waals surface area contributed by atoms with E-state index < -0.39 is 16.6 Å². The number of hydrogen-bond acceptors (Lipinski definition) is 4. The molecular weight excluding hydrogens is 241 g/mol. The number of amides is 1. The number of carbonyl (C=O) groups excluding carboxylic acids is 1. The number of benzene rings is 1. The molecule has 1 aromatic carbocycles. The number of nitrogens with zero attached hydrogens (tertiary/aromatic N) is 1. The predicted molar refractivity (Wildman–Crippen MR) is 63.7 cm³/mol. The van der Waals surface area contributed by atoms with Gasteiger partial charge in [-0.1, -0.05) is 0 Å². The van der Waals surface area contributed by atoms with Crippen molar-refractivity contribution in [2.24, 2.45) is 5.73 Å². The van der Waals surface area contributed by atoms with Crippen LogP contribution in [0.1, 0.15) is 23.7 Å². The molecule has 0 saturated carbocycles. The van der Waals surface area contributed by atoms with Crippen molar-refractivity contribution in [3.63, 3.8) is 0 Å². The van der Waals surface area contributed by atoms with Crippen LogP contribution in [0.2, 0.25) is 0 Å². The van der Waals surface area contributed by atoms with Crippen LogP contribution in [0.3, 0.4) is 0 Å². The molecule has 0 bridgehead atoms. The maximum atomic E-state index is 13.4. The van der Waals surface area contributed by atoms with Crippen LogP contribution < -0.4 is 11.1 Å². The molecule has 18 heavy (non-hydrogen) atoms. The van der Waals surface area contributed by atoms with E-state index in [-0.39, 0.29) is 17.3 Å². The second kappa shape index (κ2) is 6.06. The zero-order chi connectivity index (χ0) is 13.7. The van der Waals surface area contributed by atoms with Crippen molar-refractivity contribution >= 4 is 11.6 Å². The molecule has 0 saturated heterocycles. The standard InChI is InChI=1S/C11H14FN3O3/c1-7(13)4-5-14-11(16)9-6-8(15(17)18)2-3-10(9)12/h2-3,6-7H,4-5,13H2,1H3,(H,14,16). The van der Waals surface area contributed by atoms with Crippen molar-refractivity contribution in [1.82, 2.24) is 5.32 Å². The third-order valence-electron chi connectivity index (χ3n) is 2.29. The normalized spacial score (nSPS) is 11.9. The van der Waals surface area contributed by atoms with Crippen LogP contribution in [0.25, 0.3) is 0 Å². The summed E-state index contributed by atoms with van der Waals surface area (Å²) in [5.41, 5.74) is 4.83. The number of non-ortho nitro benzene ring substituents is 1. The summed E-state index contributed by atoms with van der Waals surface area (Å²) in [6.45, 7) is 2.07. The Labute approximate surface area is 103 Å². The molecule has 3 N–H and O–H groups in total. The molecule has 0 heterocycles. The number of nitrogens with two attached hydrogens (primary N) is 1. The number of halogens is 1. The summed E-state index contributed by atoms with van der Waals surface area (Å²) in [4.78, 5) is 21.5. The molecule has 0 aliphatic heterocycles. The Kier molecular flexibility index (Phi) is 4.73. The highest BCUT2D eigenvalue weighted by molar-refractivity contribution is 5.95. The second-order valence-corrected chi connectivity index (χ2v) is 3.94. The Morgan fingerprint density at radius 3 is 2.83 bits per heavy atom. The summed E-state index contributed by atoms with van der Waals surface area (Å²) in [5, 5.41) is 13.0. The Balaban J connectivity index is 2.78. The highest BCUT2D eigenvalue weighted by Gasteiger charge is 2.16. The van der Waals surface area contributed by atoms with Gasteiger partial charge in [0.15, 0.2) is 0 Å². The quantitative estimate of drug-likeness (QED) is 0.610. The van der Waals surface area contributed by atoms with Gasteiger partial charge in [-0.15, -0.1) is 0 Å². The Morgan fingerprint density at radius 2 is 2.28 bits per heavy atom. The minimum atomic E-state index is -0.793. The molecule has 1 rings (SSSR count). The van der Waals surface area contributed by atoms with Gasteiger partial charge < -0.3 is 11.1 Å². The molecule has 1 atom stereocenters. The lowest BCUT2D eigenvalue weighted by Crippen LogP contribution is -2.29. The van der Waals surface area contributed by atoms with Crippen molar-refractivity contribution in [1.29, 1.82) is 0 Å². The zero-order valence-electron chi connectivity index (χ0n) is 9.85. The fourth-order valence-electron chi connectivity index (χ4n) is 1.31. The SMILES string of the molecule is CC(N)CCNC(=O)c1cc([N+](=O)[O-])ccc1F. The largest absolute Gasteiger partial charge is 0.352 e. The smallest absolute Gasteiger partial charge is 0.270 e. The predicted octanol–water partition coefficient (Wildman–Crippen LogP) is 1.20. The lowest BCUT2D eigenvalue weighted by molar-refractivity contribution is -0.384. The number of nitro benzene ring substituents is 1. The van der Waals surface area contributed by atoms with Gasteiger partial charge in [-0.25, -0.2) is 4.39 Å². The molecule has 0 aliphatic carbocycles. The van der Waals surface area contributed by atoms with E-state index in [1.165, 1.54) is 0 Å². The van der Waals surface area contributed by atoms with Crippen molar-refractivity contribution in [3.8, 4) is 0 Å². The van der Waals surface area contributed by atoms with Crippen molar-refractivity contribution in [2.75, 3.05) is 6.54 Å². The highest BCUT2D eigenvalue weighted by Crippen LogP contribution is 2.16. The second-order valence-electron chi connectivity index (χ2n) is 3.94. The number of rotatable bonds is 5. The van der Waals surface area contributed by atoms with E-state index in [4.69, 9.17) is 5.73 Å². The zero-order valence-corrected chi connectivity index (χ0v) is 9.85. The van der Waals surface area contributed by atoms with Crippen LogP contribution in [0, 0.1) is 15.9 Å². The summed E-state index contributed by atoms with van der Waals surface area (Å²) in [7, 11) is 0. The van der Waals surface area contributed by atoms with Gasteiger partial charge >= 0.3 is 0 Å². The molecule has 0 aliphatic rings. The van der Waals surface area contributed by atoms with E-state index in [0.29, 0.717) is 13.0 Å². The molecule has 0 fully saturated rings. The Morgan fingerprint density at radius 1 is 1.61 bits per heavy atom. The van der Waals surface area contributed by atoms with Gasteiger partial charge in [0, 0.05) is 24.7 Å². The van der Waals surface area contributed by atoms with Gasteiger partial charge in [0.2, 0.25) is 0 Å². The van der Waals surface area contributed by atoms with Gasteiger partial charge in [-0.3, -0.25) is 14.9 Å². The van der Waals surface area contributed by atoms with E-state index in [2.05, 4.69) is 5.32 Å². The fraction of sp³-hybridized carbons (Fsp3) is 0.364. The van der Waals surface area contributed by atoms with E-state index in [0.717, 1.165) is 18.2 Å². The number of hydrogen-bond donors (Lipinski definition) is 2. The maximum absolute atomic E-state index is 13.4. The van der Waals surface area contributed by atoms with Gasteiger partial charge in [0.1, 0.15) is 5.82 Å². The summed E-state index contributed by atoms with van der Waals surface area (Å²) in [5.74, 6) is -1.48. The molecule has 1 aromatic rings. The Bertz CT molecular complexity index is 463. The molecule has 7 heteroatoms. The van der Waals surface area contributed by atoms with Crippen LogP contribution in [-0.4, -0.2) is 23.4 Å². The van der Waals surface area contributed by atoms with Gasteiger partial charge in [-0.2, -0.15) is 0 Å². The summed E-state index contributed by atoms with van der Waals surface area (Å²) in [6.07, 6.45) is 0.544. The fourth-order valence-corrected chi connectivity index (χ4v) is 1.31. The molecule has 0 radical (unpaired) electrons. The van der Waals surface area contributed by atoms with Crippen LogP contribution in [0.15, 0.2) is 18.2 Å². The van der Waals surface area contributed by atoms with E-state index >= 15 is 0 Å².